The van der Waals surface area contributed by atoms with Gasteiger partial charge in [0.05, 0.1) is 10.7 Å². The molecule has 0 N–H and O–H groups in total. The zero-order valence-corrected chi connectivity index (χ0v) is 9.62. The van der Waals surface area contributed by atoms with E-state index in [1.807, 2.05) is 13.0 Å². The summed E-state index contributed by atoms with van der Waals surface area (Å²) in [7, 11) is 0. The smallest absolute Gasteiger partial charge is 0.223 e. The van der Waals surface area contributed by atoms with E-state index in [9.17, 15) is 0 Å². The highest BCUT2D eigenvalue weighted by molar-refractivity contribution is 9.10. The minimum Gasteiger partial charge on any atom is -0.223 e. The highest BCUT2D eigenvalue weighted by Gasteiger charge is 2.03. The molecular weight excluding hydrogens is 267 g/mol. The largest absolute Gasteiger partial charge is 0.224 e. The van der Waals surface area contributed by atoms with Crippen LogP contribution in [0.25, 0.3) is 5.82 Å². The van der Waals surface area contributed by atoms with Crippen LogP contribution in [-0.2, 0) is 0 Å². The summed E-state index contributed by atoms with van der Waals surface area (Å²) < 4.78 is 2.52. The van der Waals surface area contributed by atoms with Gasteiger partial charge in [-0.05, 0) is 34.5 Å². The van der Waals surface area contributed by atoms with Gasteiger partial charge >= 0.3 is 0 Å². The monoisotopic (exact) mass is 272 g/mol. The third-order valence-electron chi connectivity index (χ3n) is 1.60. The van der Waals surface area contributed by atoms with E-state index in [4.69, 9.17) is 11.6 Å². The maximum Gasteiger partial charge on any atom is 0.224 e. The highest BCUT2D eigenvalue weighted by Crippen LogP contribution is 2.12. The van der Waals surface area contributed by atoms with Crippen molar-refractivity contribution in [3.63, 3.8) is 0 Å². The Balaban J connectivity index is 2.51. The van der Waals surface area contributed by atoms with Crippen molar-refractivity contribution >= 4 is 27.5 Å². The second kappa shape index (κ2) is 3.67. The van der Waals surface area contributed by atoms with Gasteiger partial charge in [0.25, 0.3) is 0 Å². The molecule has 4 nitrogen and oxygen atoms in total. The summed E-state index contributed by atoms with van der Waals surface area (Å²) in [6.07, 6.45) is 3.49. The van der Waals surface area contributed by atoms with E-state index in [2.05, 4.69) is 31.0 Å². The zero-order valence-electron chi connectivity index (χ0n) is 7.28. The van der Waals surface area contributed by atoms with Gasteiger partial charge in [-0.3, -0.25) is 0 Å². The Morgan fingerprint density at radius 1 is 1.43 bits per heavy atom. The zero-order chi connectivity index (χ0) is 10.1. The average Bonchev–Trinajstić information content (AvgIpc) is 2.50. The molecule has 0 atom stereocenters. The van der Waals surface area contributed by atoms with Gasteiger partial charge in [0.15, 0.2) is 5.82 Å². The van der Waals surface area contributed by atoms with Gasteiger partial charge in [-0.1, -0.05) is 0 Å². The van der Waals surface area contributed by atoms with Crippen LogP contribution in [0.3, 0.4) is 0 Å². The molecule has 0 aliphatic carbocycles. The van der Waals surface area contributed by atoms with Gasteiger partial charge < -0.3 is 0 Å². The number of aromatic nitrogens is 4. The number of nitrogens with zero attached hydrogens (tertiary/aromatic N) is 4. The Morgan fingerprint density at radius 3 is 2.79 bits per heavy atom. The van der Waals surface area contributed by atoms with Crippen LogP contribution < -0.4 is 0 Å². The van der Waals surface area contributed by atoms with E-state index in [-0.39, 0.29) is 5.28 Å². The molecule has 6 heteroatoms. The van der Waals surface area contributed by atoms with Crippen LogP contribution in [0, 0.1) is 6.92 Å². The number of halogens is 2. The minimum absolute atomic E-state index is 0.228. The van der Waals surface area contributed by atoms with E-state index < -0.39 is 0 Å². The first kappa shape index (κ1) is 9.61. The number of hydrogen-bond acceptors (Lipinski definition) is 3. The fraction of sp³-hybridized carbons (Fsp3) is 0.125. The maximum absolute atomic E-state index is 5.73. The van der Waals surface area contributed by atoms with E-state index in [0.29, 0.717) is 5.82 Å². The lowest BCUT2D eigenvalue weighted by atomic mass is 10.4. The van der Waals surface area contributed by atoms with Crippen LogP contribution in [0.5, 0.6) is 0 Å². The molecule has 0 aliphatic rings. The van der Waals surface area contributed by atoms with Crippen molar-refractivity contribution in [3.05, 3.63) is 33.9 Å². The molecule has 0 saturated heterocycles. The molecule has 0 aliphatic heterocycles. The van der Waals surface area contributed by atoms with E-state index in [0.717, 1.165) is 10.2 Å². The van der Waals surface area contributed by atoms with Gasteiger partial charge in [0, 0.05) is 18.0 Å². The van der Waals surface area contributed by atoms with E-state index in [1.54, 1.807) is 17.1 Å². The molecule has 2 heterocycles. The molecule has 0 amide bonds. The Labute approximate surface area is 94.1 Å². The van der Waals surface area contributed by atoms with Crippen molar-refractivity contribution in [2.45, 2.75) is 6.92 Å². The topological polar surface area (TPSA) is 43.6 Å². The normalized spacial score (nSPS) is 10.5. The van der Waals surface area contributed by atoms with Crippen LogP contribution in [0.1, 0.15) is 5.69 Å². The highest BCUT2D eigenvalue weighted by atomic mass is 79.9. The quantitative estimate of drug-likeness (QED) is 0.749. The molecular formula is C8H6BrClN4. The molecule has 0 fully saturated rings. The number of rotatable bonds is 1. The van der Waals surface area contributed by atoms with Crippen LogP contribution in [-0.4, -0.2) is 19.7 Å². The van der Waals surface area contributed by atoms with Crippen molar-refractivity contribution in [2.75, 3.05) is 0 Å². The summed E-state index contributed by atoms with van der Waals surface area (Å²) >= 11 is 9.04. The van der Waals surface area contributed by atoms with Crippen molar-refractivity contribution in [1.82, 2.24) is 19.7 Å². The van der Waals surface area contributed by atoms with Crippen LogP contribution in [0.2, 0.25) is 5.28 Å². The predicted octanol–water partition coefficient (Wildman–Crippen LogP) is 2.39. The molecule has 14 heavy (non-hydrogen) atoms. The molecule has 0 radical (unpaired) electrons. The standard InChI is InChI=1S/C8H6BrClN4/c1-5-2-7(13-8(10)12-5)14-4-6(9)3-11-14/h2-4H,1H3. The molecule has 2 aromatic heterocycles. The predicted molar refractivity (Wildman–Crippen MR) is 56.6 cm³/mol. The Bertz CT molecular complexity index is 448. The SMILES string of the molecule is Cc1cc(-n2cc(Br)cn2)nc(Cl)n1. The Morgan fingerprint density at radius 2 is 2.21 bits per heavy atom. The first-order chi connectivity index (χ1) is 6.65. The summed E-state index contributed by atoms with van der Waals surface area (Å²) in [6.45, 7) is 1.86. The third-order valence-corrected chi connectivity index (χ3v) is 2.18. The fourth-order valence-electron chi connectivity index (χ4n) is 1.06. The van der Waals surface area contributed by atoms with Crippen molar-refractivity contribution in [2.24, 2.45) is 0 Å². The third kappa shape index (κ3) is 1.93. The summed E-state index contributed by atoms with van der Waals surface area (Å²) in [6, 6.07) is 1.81. The summed E-state index contributed by atoms with van der Waals surface area (Å²) in [5, 5.41) is 4.32. The molecule has 0 aromatic carbocycles. The molecule has 0 unspecified atom stereocenters. The van der Waals surface area contributed by atoms with E-state index in [1.165, 1.54) is 0 Å². The lowest BCUT2D eigenvalue weighted by Gasteiger charge is -2.01. The molecule has 0 bridgehead atoms. The molecule has 0 saturated carbocycles. The molecule has 2 aromatic rings. The van der Waals surface area contributed by atoms with Gasteiger partial charge in [0.1, 0.15) is 0 Å². The average molecular weight is 274 g/mol. The maximum atomic E-state index is 5.73. The van der Waals surface area contributed by atoms with Crippen LogP contribution in [0.4, 0.5) is 0 Å². The lowest BCUT2D eigenvalue weighted by molar-refractivity contribution is 0.835. The first-order valence-electron chi connectivity index (χ1n) is 3.87. The van der Waals surface area contributed by atoms with Gasteiger partial charge in [-0.25, -0.2) is 9.67 Å². The van der Waals surface area contributed by atoms with E-state index >= 15 is 0 Å². The number of aryl methyl sites for hydroxylation is 1. The Hall–Kier alpha value is -0.940. The van der Waals surface area contributed by atoms with Crippen molar-refractivity contribution in [3.8, 4) is 5.82 Å². The summed E-state index contributed by atoms with van der Waals surface area (Å²) in [5.74, 6) is 0.660. The Kier molecular flexibility index (Phi) is 2.52. The number of hydrogen-bond donors (Lipinski definition) is 0. The lowest BCUT2D eigenvalue weighted by Crippen LogP contribution is -2.00. The van der Waals surface area contributed by atoms with Crippen LogP contribution >= 0.6 is 27.5 Å². The fourth-order valence-corrected chi connectivity index (χ4v) is 1.57. The van der Waals surface area contributed by atoms with Crippen LogP contribution in [0.15, 0.2) is 22.9 Å². The molecule has 72 valence electrons. The minimum atomic E-state index is 0.228. The molecule has 0 spiro atoms. The molecule has 2 rings (SSSR count). The summed E-state index contributed by atoms with van der Waals surface area (Å²) in [4.78, 5) is 8.02. The first-order valence-corrected chi connectivity index (χ1v) is 5.04. The van der Waals surface area contributed by atoms with Crippen molar-refractivity contribution < 1.29 is 0 Å². The second-order valence-electron chi connectivity index (χ2n) is 2.74. The second-order valence-corrected chi connectivity index (χ2v) is 3.99. The van der Waals surface area contributed by atoms with Gasteiger partial charge in [0.2, 0.25) is 5.28 Å². The summed E-state index contributed by atoms with van der Waals surface area (Å²) in [5.41, 5.74) is 0.812. The van der Waals surface area contributed by atoms with Gasteiger partial charge in [-0.15, -0.1) is 0 Å². The van der Waals surface area contributed by atoms with Gasteiger partial charge in [-0.2, -0.15) is 10.1 Å². The van der Waals surface area contributed by atoms with Crippen molar-refractivity contribution in [1.29, 1.82) is 0 Å².